The van der Waals surface area contributed by atoms with Gasteiger partial charge in [0, 0.05) is 20.3 Å². The van der Waals surface area contributed by atoms with Gasteiger partial charge in [-0.15, -0.1) is 0 Å². The molecule has 1 aromatic rings. The highest BCUT2D eigenvalue weighted by Crippen LogP contribution is 2.16. The number of ether oxygens (including phenoxy) is 1. The average molecular weight is 278 g/mol. The van der Waals surface area contributed by atoms with Crippen molar-refractivity contribution < 1.29 is 14.6 Å². The van der Waals surface area contributed by atoms with Gasteiger partial charge in [-0.25, -0.2) is 0 Å². The van der Waals surface area contributed by atoms with Crippen molar-refractivity contribution in [3.63, 3.8) is 0 Å². The fourth-order valence-corrected chi connectivity index (χ4v) is 2.50. The number of fused-ring (bicyclic) bond motifs is 1. The molecular formula is C15H22N2O3. The molecule has 1 aliphatic rings. The minimum absolute atomic E-state index is 0.0324. The van der Waals surface area contributed by atoms with E-state index in [1.54, 1.807) is 7.11 Å². The Morgan fingerprint density at radius 2 is 2.25 bits per heavy atom. The zero-order chi connectivity index (χ0) is 14.4. The van der Waals surface area contributed by atoms with Crippen LogP contribution in [0, 0.1) is 0 Å². The van der Waals surface area contributed by atoms with Gasteiger partial charge >= 0.3 is 0 Å². The summed E-state index contributed by atoms with van der Waals surface area (Å²) in [5.74, 6) is -0.0324. The maximum Gasteiger partial charge on any atom is 0.237 e. The summed E-state index contributed by atoms with van der Waals surface area (Å²) in [6.45, 7) is 1.16. The largest absolute Gasteiger partial charge is 0.396 e. The normalized spacial score (nSPS) is 19.2. The van der Waals surface area contributed by atoms with Crippen LogP contribution in [-0.4, -0.2) is 43.4 Å². The quantitative estimate of drug-likeness (QED) is 0.696. The molecule has 1 aliphatic heterocycles. The van der Waals surface area contributed by atoms with E-state index in [4.69, 9.17) is 9.84 Å². The molecule has 5 nitrogen and oxygen atoms in total. The van der Waals surface area contributed by atoms with Crippen LogP contribution in [0.3, 0.4) is 0 Å². The lowest BCUT2D eigenvalue weighted by Gasteiger charge is -2.27. The fraction of sp³-hybridized carbons (Fsp3) is 0.533. The SMILES string of the molecule is COCC(CCO)NC(=O)[C@H]1Cc2ccccc2CN1. The minimum Gasteiger partial charge on any atom is -0.396 e. The smallest absolute Gasteiger partial charge is 0.237 e. The Kier molecular flexibility index (Phi) is 5.52. The van der Waals surface area contributed by atoms with Crippen LogP contribution in [-0.2, 0) is 22.5 Å². The van der Waals surface area contributed by atoms with Crippen LogP contribution >= 0.6 is 0 Å². The van der Waals surface area contributed by atoms with Crippen LogP contribution in [0.5, 0.6) is 0 Å². The van der Waals surface area contributed by atoms with Gasteiger partial charge in [0.25, 0.3) is 0 Å². The fourth-order valence-electron chi connectivity index (χ4n) is 2.50. The minimum atomic E-state index is -0.219. The number of amides is 1. The molecule has 1 aromatic carbocycles. The Morgan fingerprint density at radius 3 is 2.95 bits per heavy atom. The van der Waals surface area contributed by atoms with Crippen LogP contribution in [0.2, 0.25) is 0 Å². The molecule has 0 radical (unpaired) electrons. The summed E-state index contributed by atoms with van der Waals surface area (Å²) in [4.78, 5) is 12.3. The lowest BCUT2D eigenvalue weighted by molar-refractivity contribution is -0.124. The second-order valence-electron chi connectivity index (χ2n) is 5.08. The van der Waals surface area contributed by atoms with Crippen molar-refractivity contribution in [1.82, 2.24) is 10.6 Å². The average Bonchev–Trinajstić information content (AvgIpc) is 2.47. The second kappa shape index (κ2) is 7.38. The lowest BCUT2D eigenvalue weighted by atomic mass is 9.95. The van der Waals surface area contributed by atoms with Crippen molar-refractivity contribution in [3.05, 3.63) is 35.4 Å². The second-order valence-corrected chi connectivity index (χ2v) is 5.08. The molecule has 110 valence electrons. The highest BCUT2D eigenvalue weighted by Gasteiger charge is 2.25. The highest BCUT2D eigenvalue weighted by molar-refractivity contribution is 5.82. The number of hydrogen-bond acceptors (Lipinski definition) is 4. The predicted octanol–water partition coefficient (Wildman–Crippen LogP) is 0.214. The summed E-state index contributed by atoms with van der Waals surface area (Å²) < 4.78 is 5.05. The van der Waals surface area contributed by atoms with Gasteiger partial charge in [0.2, 0.25) is 5.91 Å². The van der Waals surface area contributed by atoms with E-state index in [0.717, 1.165) is 0 Å². The maximum atomic E-state index is 12.3. The molecule has 0 saturated carbocycles. The third kappa shape index (κ3) is 3.79. The third-order valence-corrected chi connectivity index (χ3v) is 3.59. The topological polar surface area (TPSA) is 70.6 Å². The van der Waals surface area contributed by atoms with Gasteiger partial charge in [0.1, 0.15) is 0 Å². The first kappa shape index (κ1) is 15.0. The highest BCUT2D eigenvalue weighted by atomic mass is 16.5. The van der Waals surface area contributed by atoms with Crippen LogP contribution < -0.4 is 10.6 Å². The molecule has 2 atom stereocenters. The van der Waals surface area contributed by atoms with Crippen molar-refractivity contribution in [2.75, 3.05) is 20.3 Å². The Hall–Kier alpha value is -1.43. The Morgan fingerprint density at radius 1 is 1.50 bits per heavy atom. The van der Waals surface area contributed by atoms with Crippen molar-refractivity contribution in [3.8, 4) is 0 Å². The molecule has 1 unspecified atom stereocenters. The van der Waals surface area contributed by atoms with E-state index in [9.17, 15) is 4.79 Å². The zero-order valence-corrected chi connectivity index (χ0v) is 11.8. The molecular weight excluding hydrogens is 256 g/mol. The van der Waals surface area contributed by atoms with Crippen molar-refractivity contribution >= 4 is 5.91 Å². The van der Waals surface area contributed by atoms with E-state index in [1.807, 2.05) is 12.1 Å². The predicted molar refractivity (Wildman–Crippen MR) is 76.3 cm³/mol. The number of methoxy groups -OCH3 is 1. The Bertz CT molecular complexity index is 444. The van der Waals surface area contributed by atoms with E-state index in [-0.39, 0.29) is 24.6 Å². The van der Waals surface area contributed by atoms with Gasteiger partial charge in [-0.3, -0.25) is 4.79 Å². The first-order valence-electron chi connectivity index (χ1n) is 6.95. The molecule has 0 bridgehead atoms. The number of benzene rings is 1. The number of carbonyl (C=O) groups is 1. The number of carbonyl (C=O) groups excluding carboxylic acids is 1. The molecule has 0 aliphatic carbocycles. The van der Waals surface area contributed by atoms with E-state index >= 15 is 0 Å². The number of aliphatic hydroxyl groups excluding tert-OH is 1. The van der Waals surface area contributed by atoms with Crippen LogP contribution in [0.15, 0.2) is 24.3 Å². The Labute approximate surface area is 119 Å². The van der Waals surface area contributed by atoms with Crippen molar-refractivity contribution in [1.29, 1.82) is 0 Å². The summed E-state index contributed by atoms with van der Waals surface area (Å²) in [5.41, 5.74) is 2.47. The van der Waals surface area contributed by atoms with Crippen LogP contribution in [0.1, 0.15) is 17.5 Å². The number of nitrogens with one attached hydrogen (secondary N) is 2. The molecule has 0 fully saturated rings. The molecule has 2 rings (SSSR count). The lowest BCUT2D eigenvalue weighted by Crippen LogP contribution is -2.51. The standard InChI is InChI=1S/C15H22N2O3/c1-20-10-13(6-7-18)17-15(19)14-8-11-4-2-3-5-12(11)9-16-14/h2-5,13-14,16,18H,6-10H2,1H3,(H,17,19)/t13?,14-/m1/s1. The summed E-state index contributed by atoms with van der Waals surface area (Å²) in [6, 6.07) is 7.79. The van der Waals surface area contributed by atoms with Gasteiger partial charge in [-0.2, -0.15) is 0 Å². The van der Waals surface area contributed by atoms with Gasteiger partial charge in [0.05, 0.1) is 18.7 Å². The first-order valence-corrected chi connectivity index (χ1v) is 6.95. The van der Waals surface area contributed by atoms with Crippen LogP contribution in [0.25, 0.3) is 0 Å². The molecule has 20 heavy (non-hydrogen) atoms. The van der Waals surface area contributed by atoms with E-state index in [1.165, 1.54) is 11.1 Å². The van der Waals surface area contributed by atoms with Crippen LogP contribution in [0.4, 0.5) is 0 Å². The van der Waals surface area contributed by atoms with E-state index in [2.05, 4.69) is 22.8 Å². The van der Waals surface area contributed by atoms with Crippen molar-refractivity contribution in [2.24, 2.45) is 0 Å². The summed E-state index contributed by atoms with van der Waals surface area (Å²) in [6.07, 6.45) is 1.20. The van der Waals surface area contributed by atoms with Gasteiger partial charge in [0.15, 0.2) is 0 Å². The third-order valence-electron chi connectivity index (χ3n) is 3.59. The monoisotopic (exact) mass is 278 g/mol. The molecule has 0 aromatic heterocycles. The molecule has 0 saturated heterocycles. The number of hydrogen-bond donors (Lipinski definition) is 3. The van der Waals surface area contributed by atoms with Gasteiger partial charge in [-0.05, 0) is 24.0 Å². The first-order chi connectivity index (χ1) is 9.74. The maximum absolute atomic E-state index is 12.3. The molecule has 1 heterocycles. The summed E-state index contributed by atoms with van der Waals surface area (Å²) in [7, 11) is 1.59. The number of aliphatic hydroxyl groups is 1. The summed E-state index contributed by atoms with van der Waals surface area (Å²) in [5, 5.41) is 15.2. The zero-order valence-electron chi connectivity index (χ0n) is 11.8. The number of rotatable bonds is 6. The Balaban J connectivity index is 1.93. The molecule has 0 spiro atoms. The van der Waals surface area contributed by atoms with E-state index in [0.29, 0.717) is 26.0 Å². The molecule has 3 N–H and O–H groups in total. The van der Waals surface area contributed by atoms with Gasteiger partial charge < -0.3 is 20.5 Å². The van der Waals surface area contributed by atoms with Crippen molar-refractivity contribution in [2.45, 2.75) is 31.5 Å². The van der Waals surface area contributed by atoms with E-state index < -0.39 is 0 Å². The van der Waals surface area contributed by atoms with Gasteiger partial charge in [-0.1, -0.05) is 24.3 Å². The molecule has 1 amide bonds. The molecule has 5 heteroatoms. The summed E-state index contributed by atoms with van der Waals surface area (Å²) >= 11 is 0.